The minimum atomic E-state index is -2.45. The molecule has 2 N–H and O–H groups in total. The van der Waals surface area contributed by atoms with Crippen LogP contribution in [0.5, 0.6) is 5.75 Å². The van der Waals surface area contributed by atoms with Crippen molar-refractivity contribution < 1.29 is 9.30 Å². The highest BCUT2D eigenvalue weighted by Gasteiger charge is 2.18. The zero-order chi connectivity index (χ0) is 21.3. The third-order valence-electron chi connectivity index (χ3n) is 4.79. The van der Waals surface area contributed by atoms with Crippen LogP contribution in [0.1, 0.15) is 0 Å². The Balaban J connectivity index is 1.60. The van der Waals surface area contributed by atoms with Crippen LogP contribution in [0.4, 0.5) is 28.8 Å². The number of nitrogens with zero attached hydrogens (tertiary/aromatic N) is 3. The Hall–Kier alpha value is -2.57. The summed E-state index contributed by atoms with van der Waals surface area (Å²) in [5.41, 5.74) is 2.66. The number of halogens is 1. The van der Waals surface area contributed by atoms with Crippen LogP contribution < -0.4 is 25.6 Å². The number of ether oxygens (including phenoxy) is 1. The first-order chi connectivity index (χ1) is 14.3. The Morgan fingerprint density at radius 2 is 1.97 bits per heavy atom. The molecule has 156 valence electrons. The summed E-state index contributed by atoms with van der Waals surface area (Å²) in [5, 5.41) is 7.30. The van der Waals surface area contributed by atoms with E-state index in [0.717, 1.165) is 34.7 Å². The molecule has 2 aromatic carbocycles. The predicted octanol–water partition coefficient (Wildman–Crippen LogP) is 4.80. The van der Waals surface area contributed by atoms with Gasteiger partial charge in [0.1, 0.15) is 25.3 Å². The van der Waals surface area contributed by atoms with Crippen molar-refractivity contribution in [3.63, 3.8) is 0 Å². The maximum Gasteiger partial charge on any atom is 0.229 e. The van der Waals surface area contributed by atoms with E-state index in [0.29, 0.717) is 22.8 Å². The molecule has 2 heterocycles. The highest BCUT2D eigenvalue weighted by molar-refractivity contribution is 9.10. The molecule has 0 amide bonds. The fourth-order valence-electron chi connectivity index (χ4n) is 3.26. The zero-order valence-corrected chi connectivity index (χ0v) is 19.5. The second kappa shape index (κ2) is 8.28. The van der Waals surface area contributed by atoms with E-state index >= 15 is 0 Å². The summed E-state index contributed by atoms with van der Waals surface area (Å²) in [4.78, 5) is 11.1. The first-order valence-corrected chi connectivity index (χ1v) is 12.9. The number of benzene rings is 2. The molecule has 0 saturated heterocycles. The Morgan fingerprint density at radius 1 is 1.17 bits per heavy atom. The van der Waals surface area contributed by atoms with Gasteiger partial charge in [0, 0.05) is 30.3 Å². The first kappa shape index (κ1) is 20.7. The van der Waals surface area contributed by atoms with Gasteiger partial charge in [0.15, 0.2) is 0 Å². The lowest BCUT2D eigenvalue weighted by Crippen LogP contribution is -2.28. The third kappa shape index (κ3) is 4.45. The van der Waals surface area contributed by atoms with Crippen LogP contribution in [0, 0.1) is 0 Å². The van der Waals surface area contributed by atoms with Crippen molar-refractivity contribution >= 4 is 57.2 Å². The van der Waals surface area contributed by atoms with Gasteiger partial charge < -0.3 is 24.8 Å². The molecule has 0 spiro atoms. The molecule has 7 nitrogen and oxygen atoms in total. The van der Waals surface area contributed by atoms with Crippen LogP contribution in [0.25, 0.3) is 0 Å². The fraction of sp³-hybridized carbons (Fsp3) is 0.238. The van der Waals surface area contributed by atoms with E-state index in [1.54, 1.807) is 19.5 Å². The molecule has 1 aliphatic rings. The minimum Gasteiger partial charge on any atom is -0.489 e. The normalized spacial score (nSPS) is 13.4. The van der Waals surface area contributed by atoms with Crippen LogP contribution in [0.3, 0.4) is 0 Å². The van der Waals surface area contributed by atoms with E-state index in [2.05, 4.69) is 41.4 Å². The molecule has 3 aromatic rings. The topological polar surface area (TPSA) is 79.4 Å². The number of hydrogen-bond acceptors (Lipinski definition) is 7. The van der Waals surface area contributed by atoms with Crippen molar-refractivity contribution in [2.24, 2.45) is 0 Å². The summed E-state index contributed by atoms with van der Waals surface area (Å²) in [6.45, 7) is 5.04. The quantitative estimate of drug-likeness (QED) is 0.500. The molecule has 0 aliphatic carbocycles. The Bertz CT molecular complexity index is 1130. The van der Waals surface area contributed by atoms with Crippen molar-refractivity contribution in [1.82, 2.24) is 9.97 Å². The van der Waals surface area contributed by atoms with Gasteiger partial charge in [-0.3, -0.25) is 0 Å². The summed E-state index contributed by atoms with van der Waals surface area (Å²) in [6, 6.07) is 13.5. The maximum absolute atomic E-state index is 12.6. The number of rotatable bonds is 5. The SMILES string of the molecule is CN1CCOc2cc(Nc3ncc(Br)c(Nc4ccccc4P(C)(C)=O)n3)ccc21. The van der Waals surface area contributed by atoms with Gasteiger partial charge >= 0.3 is 0 Å². The number of anilines is 5. The largest absolute Gasteiger partial charge is 0.489 e. The van der Waals surface area contributed by atoms with Crippen LogP contribution in [-0.2, 0) is 4.57 Å². The second-order valence-electron chi connectivity index (χ2n) is 7.46. The number of likely N-dealkylation sites (N-methyl/N-ethyl adjacent to an activating group) is 1. The van der Waals surface area contributed by atoms with Crippen LogP contribution in [0.15, 0.2) is 53.1 Å². The molecule has 30 heavy (non-hydrogen) atoms. The second-order valence-corrected chi connectivity index (χ2v) is 11.5. The van der Waals surface area contributed by atoms with Gasteiger partial charge in [-0.05, 0) is 53.5 Å². The van der Waals surface area contributed by atoms with Crippen molar-refractivity contribution in [1.29, 1.82) is 0 Å². The maximum atomic E-state index is 12.6. The van der Waals surface area contributed by atoms with E-state index in [1.807, 2.05) is 49.5 Å². The van der Waals surface area contributed by atoms with Gasteiger partial charge in [-0.15, -0.1) is 0 Å². The monoisotopic (exact) mass is 487 g/mol. The Labute approximate surface area is 184 Å². The molecule has 1 aliphatic heterocycles. The number of para-hydroxylation sites is 1. The summed E-state index contributed by atoms with van der Waals surface area (Å²) in [6.07, 6.45) is 1.68. The highest BCUT2D eigenvalue weighted by atomic mass is 79.9. The van der Waals surface area contributed by atoms with Gasteiger partial charge in [-0.25, -0.2) is 4.98 Å². The standard InChI is InChI=1S/C21H23BrN5O2P/c1-27-10-11-29-18-12-14(8-9-17(18)27)24-21-23-13-15(22)20(26-21)25-16-6-4-5-7-19(16)30(2,3)28/h4-9,12-13H,10-11H2,1-3H3,(H2,23,24,25,26). The average molecular weight is 488 g/mol. The highest BCUT2D eigenvalue weighted by Crippen LogP contribution is 2.39. The van der Waals surface area contributed by atoms with E-state index in [9.17, 15) is 4.57 Å². The van der Waals surface area contributed by atoms with Crippen LogP contribution in [-0.4, -0.2) is 43.5 Å². The lowest BCUT2D eigenvalue weighted by Gasteiger charge is -2.28. The molecule has 0 atom stereocenters. The van der Waals surface area contributed by atoms with Gasteiger partial charge in [0.25, 0.3) is 0 Å². The molecule has 0 unspecified atom stereocenters. The van der Waals surface area contributed by atoms with Gasteiger partial charge in [0.2, 0.25) is 5.95 Å². The molecule has 4 rings (SSSR count). The summed E-state index contributed by atoms with van der Waals surface area (Å²) >= 11 is 3.49. The number of nitrogens with one attached hydrogen (secondary N) is 2. The van der Waals surface area contributed by atoms with Crippen LogP contribution in [0.2, 0.25) is 0 Å². The van der Waals surface area contributed by atoms with E-state index in [-0.39, 0.29) is 0 Å². The molecule has 0 saturated carbocycles. The van der Waals surface area contributed by atoms with E-state index in [1.165, 1.54) is 0 Å². The van der Waals surface area contributed by atoms with Crippen molar-refractivity contribution in [3.8, 4) is 5.75 Å². The number of fused-ring (bicyclic) bond motifs is 1. The lowest BCUT2D eigenvalue weighted by atomic mass is 10.2. The molecule has 0 fully saturated rings. The van der Waals surface area contributed by atoms with Crippen LogP contribution >= 0.6 is 23.1 Å². The smallest absolute Gasteiger partial charge is 0.229 e. The molecule has 1 aromatic heterocycles. The minimum absolute atomic E-state index is 0.443. The molecular formula is C21H23BrN5O2P. The number of hydrogen-bond donors (Lipinski definition) is 2. The van der Waals surface area contributed by atoms with E-state index < -0.39 is 7.14 Å². The van der Waals surface area contributed by atoms with Gasteiger partial charge in [-0.2, -0.15) is 4.98 Å². The zero-order valence-electron chi connectivity index (χ0n) is 17.0. The predicted molar refractivity (Wildman–Crippen MR) is 127 cm³/mol. The Morgan fingerprint density at radius 3 is 2.77 bits per heavy atom. The average Bonchev–Trinajstić information content (AvgIpc) is 2.70. The molecule has 0 bridgehead atoms. The van der Waals surface area contributed by atoms with Crippen molar-refractivity contribution in [3.05, 3.63) is 53.1 Å². The first-order valence-electron chi connectivity index (χ1n) is 9.50. The number of aromatic nitrogens is 2. The van der Waals surface area contributed by atoms with Gasteiger partial charge in [0.05, 0.1) is 22.4 Å². The summed E-state index contributed by atoms with van der Waals surface area (Å²) in [5.74, 6) is 1.86. The lowest BCUT2D eigenvalue weighted by molar-refractivity contribution is 0.311. The molecule has 9 heteroatoms. The molecule has 0 radical (unpaired) electrons. The van der Waals surface area contributed by atoms with Gasteiger partial charge in [-0.1, -0.05) is 12.1 Å². The fourth-order valence-corrected chi connectivity index (χ4v) is 4.70. The van der Waals surface area contributed by atoms with Crippen molar-refractivity contribution in [2.75, 3.05) is 49.1 Å². The summed E-state index contributed by atoms with van der Waals surface area (Å²) in [7, 11) is -0.397. The molecular weight excluding hydrogens is 465 g/mol. The third-order valence-corrected chi connectivity index (χ3v) is 6.92. The van der Waals surface area contributed by atoms with Crippen molar-refractivity contribution in [2.45, 2.75) is 0 Å². The summed E-state index contributed by atoms with van der Waals surface area (Å²) < 4.78 is 19.1. The van der Waals surface area contributed by atoms with E-state index in [4.69, 9.17) is 4.74 Å². The Kier molecular flexibility index (Phi) is 5.71.